The van der Waals surface area contributed by atoms with E-state index in [4.69, 9.17) is 4.42 Å². The molecule has 0 bridgehead atoms. The molecule has 1 fully saturated rings. The number of likely N-dealkylation sites (N-methyl/N-ethyl adjacent to an activating group) is 1. The molecule has 1 aliphatic heterocycles. The number of rotatable bonds is 6. The minimum absolute atomic E-state index is 0.0331. The largest absolute Gasteiger partial charge is 0.465 e. The molecule has 0 unspecified atom stereocenters. The molecule has 146 valence electrons. The van der Waals surface area contributed by atoms with Crippen LogP contribution in [0, 0.1) is 6.92 Å². The standard InChI is InChI=1S/C19H32N4O3/c1-15-6-7-16(26-15)12-21(5)14-18(25)23-10-8-22(9-11-23)13-17(24)20-19(2,3)4/h6-7H,8-14H2,1-5H3,(H,20,24). The molecule has 7 nitrogen and oxygen atoms in total. The first-order chi connectivity index (χ1) is 12.1. The van der Waals surface area contributed by atoms with Gasteiger partial charge in [-0.3, -0.25) is 19.4 Å². The van der Waals surface area contributed by atoms with E-state index in [1.54, 1.807) is 0 Å². The molecular weight excluding hydrogens is 332 g/mol. The van der Waals surface area contributed by atoms with Gasteiger partial charge in [0.1, 0.15) is 11.5 Å². The third-order valence-electron chi connectivity index (χ3n) is 4.23. The van der Waals surface area contributed by atoms with E-state index in [2.05, 4.69) is 10.2 Å². The lowest BCUT2D eigenvalue weighted by molar-refractivity contribution is -0.134. The quantitative estimate of drug-likeness (QED) is 0.818. The van der Waals surface area contributed by atoms with Crippen molar-refractivity contribution in [2.75, 3.05) is 46.3 Å². The van der Waals surface area contributed by atoms with Crippen molar-refractivity contribution in [2.24, 2.45) is 0 Å². The Morgan fingerprint density at radius 3 is 2.38 bits per heavy atom. The maximum atomic E-state index is 12.5. The lowest BCUT2D eigenvalue weighted by Crippen LogP contribution is -2.54. The number of nitrogens with zero attached hydrogens (tertiary/aromatic N) is 3. The predicted molar refractivity (Wildman–Crippen MR) is 101 cm³/mol. The highest BCUT2D eigenvalue weighted by Crippen LogP contribution is 2.09. The Kier molecular flexibility index (Phi) is 6.83. The number of aryl methyl sites for hydroxylation is 1. The highest BCUT2D eigenvalue weighted by molar-refractivity contribution is 5.79. The van der Waals surface area contributed by atoms with Crippen LogP contribution < -0.4 is 5.32 Å². The molecule has 0 aromatic carbocycles. The van der Waals surface area contributed by atoms with E-state index in [-0.39, 0.29) is 17.4 Å². The van der Waals surface area contributed by atoms with Crippen molar-refractivity contribution >= 4 is 11.8 Å². The van der Waals surface area contributed by atoms with Gasteiger partial charge in [0.05, 0.1) is 19.6 Å². The second-order valence-electron chi connectivity index (χ2n) is 8.14. The molecule has 0 aliphatic carbocycles. The Bertz CT molecular complexity index is 613. The Labute approximate surface area is 156 Å². The molecule has 0 saturated carbocycles. The minimum atomic E-state index is -0.216. The first kappa shape index (κ1) is 20.5. The van der Waals surface area contributed by atoms with Gasteiger partial charge in [0.15, 0.2) is 0 Å². The molecule has 2 amide bonds. The number of furan rings is 1. The van der Waals surface area contributed by atoms with Gasteiger partial charge < -0.3 is 14.6 Å². The van der Waals surface area contributed by atoms with Crippen molar-refractivity contribution in [1.82, 2.24) is 20.0 Å². The van der Waals surface area contributed by atoms with Crippen LogP contribution in [0.1, 0.15) is 32.3 Å². The van der Waals surface area contributed by atoms with E-state index in [0.717, 1.165) is 24.6 Å². The smallest absolute Gasteiger partial charge is 0.236 e. The molecule has 2 heterocycles. The van der Waals surface area contributed by atoms with E-state index >= 15 is 0 Å². The summed E-state index contributed by atoms with van der Waals surface area (Å²) in [5.74, 6) is 1.90. The van der Waals surface area contributed by atoms with Crippen LogP contribution in [0.25, 0.3) is 0 Å². The number of carbonyl (C=O) groups excluding carboxylic acids is 2. The van der Waals surface area contributed by atoms with Crippen LogP contribution in [0.5, 0.6) is 0 Å². The monoisotopic (exact) mass is 364 g/mol. The van der Waals surface area contributed by atoms with Gasteiger partial charge in [0.2, 0.25) is 11.8 Å². The van der Waals surface area contributed by atoms with Crippen LogP contribution in [0.4, 0.5) is 0 Å². The Balaban J connectivity index is 1.71. The maximum Gasteiger partial charge on any atom is 0.236 e. The third-order valence-corrected chi connectivity index (χ3v) is 4.23. The average molecular weight is 364 g/mol. The maximum absolute atomic E-state index is 12.5. The van der Waals surface area contributed by atoms with Crippen LogP contribution in [0.15, 0.2) is 16.5 Å². The third kappa shape index (κ3) is 6.80. The zero-order valence-electron chi connectivity index (χ0n) is 16.7. The summed E-state index contributed by atoms with van der Waals surface area (Å²) in [4.78, 5) is 30.4. The minimum Gasteiger partial charge on any atom is -0.465 e. The van der Waals surface area contributed by atoms with E-state index in [9.17, 15) is 9.59 Å². The van der Waals surface area contributed by atoms with Gasteiger partial charge >= 0.3 is 0 Å². The molecule has 1 aliphatic rings. The molecule has 1 aromatic heterocycles. The highest BCUT2D eigenvalue weighted by atomic mass is 16.3. The summed E-state index contributed by atoms with van der Waals surface area (Å²) in [7, 11) is 1.92. The number of hydrogen-bond acceptors (Lipinski definition) is 5. The molecular formula is C19H32N4O3. The summed E-state index contributed by atoms with van der Waals surface area (Å²) in [6, 6.07) is 3.87. The first-order valence-corrected chi connectivity index (χ1v) is 9.17. The van der Waals surface area contributed by atoms with Gasteiger partial charge in [-0.1, -0.05) is 0 Å². The summed E-state index contributed by atoms with van der Waals surface area (Å²) in [5.41, 5.74) is -0.216. The van der Waals surface area contributed by atoms with E-state index in [0.29, 0.717) is 32.7 Å². The van der Waals surface area contributed by atoms with Crippen LogP contribution in [-0.2, 0) is 16.1 Å². The average Bonchev–Trinajstić information content (AvgIpc) is 2.90. The zero-order valence-corrected chi connectivity index (χ0v) is 16.7. The number of nitrogens with one attached hydrogen (secondary N) is 1. The van der Waals surface area contributed by atoms with Crippen molar-refractivity contribution in [3.05, 3.63) is 23.7 Å². The molecule has 2 rings (SSSR count). The SMILES string of the molecule is Cc1ccc(CN(C)CC(=O)N2CCN(CC(=O)NC(C)(C)C)CC2)o1. The van der Waals surface area contributed by atoms with Crippen molar-refractivity contribution in [2.45, 2.75) is 39.8 Å². The van der Waals surface area contributed by atoms with Gasteiger partial charge in [-0.2, -0.15) is 0 Å². The Morgan fingerprint density at radius 1 is 1.19 bits per heavy atom. The summed E-state index contributed by atoms with van der Waals surface area (Å²) in [6.07, 6.45) is 0. The molecule has 7 heteroatoms. The molecule has 1 aromatic rings. The van der Waals surface area contributed by atoms with Crippen LogP contribution in [0.3, 0.4) is 0 Å². The fourth-order valence-corrected chi connectivity index (χ4v) is 3.04. The van der Waals surface area contributed by atoms with Crippen molar-refractivity contribution < 1.29 is 14.0 Å². The lowest BCUT2D eigenvalue weighted by atomic mass is 10.1. The number of amides is 2. The fourth-order valence-electron chi connectivity index (χ4n) is 3.04. The van der Waals surface area contributed by atoms with Gasteiger partial charge in [-0.05, 0) is 46.9 Å². The summed E-state index contributed by atoms with van der Waals surface area (Å²) in [5, 5.41) is 2.97. The summed E-state index contributed by atoms with van der Waals surface area (Å²) >= 11 is 0. The number of carbonyl (C=O) groups is 2. The first-order valence-electron chi connectivity index (χ1n) is 9.17. The normalized spacial score (nSPS) is 16.2. The van der Waals surface area contributed by atoms with Crippen molar-refractivity contribution in [3.8, 4) is 0 Å². The molecule has 26 heavy (non-hydrogen) atoms. The van der Waals surface area contributed by atoms with Crippen LogP contribution in [0.2, 0.25) is 0 Å². The zero-order chi connectivity index (χ0) is 19.3. The van der Waals surface area contributed by atoms with Crippen LogP contribution >= 0.6 is 0 Å². The molecule has 0 spiro atoms. The van der Waals surface area contributed by atoms with Gasteiger partial charge in [-0.15, -0.1) is 0 Å². The van der Waals surface area contributed by atoms with E-state index in [1.807, 2.05) is 56.7 Å². The van der Waals surface area contributed by atoms with Crippen LogP contribution in [-0.4, -0.2) is 78.4 Å². The Hall–Kier alpha value is -1.86. The predicted octanol–water partition coefficient (Wildman–Crippen LogP) is 1.08. The van der Waals surface area contributed by atoms with E-state index < -0.39 is 0 Å². The second-order valence-corrected chi connectivity index (χ2v) is 8.14. The Morgan fingerprint density at radius 2 is 1.85 bits per heavy atom. The lowest BCUT2D eigenvalue weighted by Gasteiger charge is -2.35. The van der Waals surface area contributed by atoms with Gasteiger partial charge in [0.25, 0.3) is 0 Å². The second kappa shape index (κ2) is 8.68. The van der Waals surface area contributed by atoms with Gasteiger partial charge in [-0.25, -0.2) is 0 Å². The van der Waals surface area contributed by atoms with Crippen molar-refractivity contribution in [3.63, 3.8) is 0 Å². The van der Waals surface area contributed by atoms with Crippen molar-refractivity contribution in [1.29, 1.82) is 0 Å². The van der Waals surface area contributed by atoms with Gasteiger partial charge in [0, 0.05) is 31.7 Å². The number of piperazine rings is 1. The molecule has 0 atom stereocenters. The molecule has 1 saturated heterocycles. The summed E-state index contributed by atoms with van der Waals surface area (Å²) < 4.78 is 5.56. The van der Waals surface area contributed by atoms with E-state index in [1.165, 1.54) is 0 Å². The summed E-state index contributed by atoms with van der Waals surface area (Å²) in [6.45, 7) is 12.0. The number of hydrogen-bond donors (Lipinski definition) is 1. The highest BCUT2D eigenvalue weighted by Gasteiger charge is 2.24. The fraction of sp³-hybridized carbons (Fsp3) is 0.684. The topological polar surface area (TPSA) is 69.0 Å². The molecule has 0 radical (unpaired) electrons. The molecule has 1 N–H and O–H groups in total.